The second kappa shape index (κ2) is 11.3. The summed E-state index contributed by atoms with van der Waals surface area (Å²) in [5.41, 5.74) is 0.550. The minimum Gasteiger partial charge on any atom is -0.379 e. The van der Waals surface area contributed by atoms with Gasteiger partial charge in [-0.05, 0) is 56.3 Å². The highest BCUT2D eigenvalue weighted by atomic mass is 19.4. The van der Waals surface area contributed by atoms with Gasteiger partial charge in [0.1, 0.15) is 11.9 Å². The molecular formula is C28H29F4N5O. The Morgan fingerprint density at radius 2 is 2.03 bits per heavy atom. The van der Waals surface area contributed by atoms with Gasteiger partial charge in [-0.3, -0.25) is 9.78 Å². The van der Waals surface area contributed by atoms with Gasteiger partial charge in [0.05, 0.1) is 23.0 Å². The number of allylic oxidation sites excluding steroid dienone is 1. The van der Waals surface area contributed by atoms with Gasteiger partial charge < -0.3 is 15.5 Å². The van der Waals surface area contributed by atoms with Crippen LogP contribution in [0.4, 0.5) is 23.2 Å². The first-order valence-corrected chi connectivity index (χ1v) is 12.2. The molecular weight excluding hydrogens is 498 g/mol. The smallest absolute Gasteiger partial charge is 0.379 e. The van der Waals surface area contributed by atoms with Crippen molar-refractivity contribution in [3.05, 3.63) is 77.9 Å². The summed E-state index contributed by atoms with van der Waals surface area (Å²) in [4.78, 5) is 22.5. The second-order valence-electron chi connectivity index (χ2n) is 9.42. The summed E-state index contributed by atoms with van der Waals surface area (Å²) in [5.74, 6) is -0.374. The molecule has 200 valence electrons. The van der Waals surface area contributed by atoms with Crippen LogP contribution in [0.25, 0.3) is 22.4 Å². The zero-order chi connectivity index (χ0) is 27.4. The van der Waals surface area contributed by atoms with Crippen molar-refractivity contribution in [1.82, 2.24) is 20.2 Å². The Bertz CT molecular complexity index is 1370. The topological polar surface area (TPSA) is 70.1 Å². The highest BCUT2D eigenvalue weighted by Gasteiger charge is 2.35. The fraction of sp³-hybridized carbons (Fsp3) is 0.321. The van der Waals surface area contributed by atoms with Crippen LogP contribution < -0.4 is 10.6 Å². The molecule has 4 rings (SSSR count). The number of likely N-dealkylation sites (tertiary alicyclic amines) is 1. The third kappa shape index (κ3) is 6.36. The standard InChI is InChI=1S/C28H29F4N5O/c1-17-9-12-33-25(14-17)27(38)34-11-5-6-19-15-21-20(26(35-19)18(2)28(30,31)32)7-4-8-23(21)36-24-10-13-37(3)16-22(24)29/h4-9,12,14-15,22,24,36H,2,10-11,13,16H2,1,3H3,(H,34,38)/b6-5+/t22-,24+/m0/s1. The SMILES string of the molecule is C=C(c1nc(/C=C/CNC(=O)c2cc(C)ccn2)cc2c(N[C@@H]3CCN(C)C[C@@H]3F)cccc12)C(F)(F)F. The molecule has 0 spiro atoms. The van der Waals surface area contributed by atoms with Crippen LogP contribution in [-0.4, -0.2) is 65.8 Å². The largest absolute Gasteiger partial charge is 0.417 e. The molecule has 38 heavy (non-hydrogen) atoms. The number of piperidine rings is 1. The number of aromatic nitrogens is 2. The number of pyridine rings is 2. The van der Waals surface area contributed by atoms with E-state index >= 15 is 0 Å². The Morgan fingerprint density at radius 3 is 2.74 bits per heavy atom. The van der Waals surface area contributed by atoms with E-state index in [1.165, 1.54) is 12.3 Å². The molecule has 1 aromatic carbocycles. The van der Waals surface area contributed by atoms with E-state index in [1.54, 1.807) is 42.5 Å². The minimum atomic E-state index is -4.68. The van der Waals surface area contributed by atoms with Crippen molar-refractivity contribution in [2.45, 2.75) is 31.7 Å². The van der Waals surface area contributed by atoms with E-state index in [1.807, 2.05) is 18.9 Å². The van der Waals surface area contributed by atoms with Crippen molar-refractivity contribution < 1.29 is 22.4 Å². The number of hydrogen-bond donors (Lipinski definition) is 2. The third-order valence-corrected chi connectivity index (χ3v) is 6.42. The molecule has 3 heterocycles. The van der Waals surface area contributed by atoms with Crippen LogP contribution in [0.2, 0.25) is 0 Å². The van der Waals surface area contributed by atoms with Crippen molar-refractivity contribution >= 4 is 34.0 Å². The van der Waals surface area contributed by atoms with Crippen LogP contribution in [0.3, 0.4) is 0 Å². The monoisotopic (exact) mass is 527 g/mol. The van der Waals surface area contributed by atoms with Gasteiger partial charge in [-0.2, -0.15) is 13.2 Å². The predicted octanol–water partition coefficient (Wildman–Crippen LogP) is 5.41. The van der Waals surface area contributed by atoms with Crippen LogP contribution >= 0.6 is 0 Å². The average molecular weight is 528 g/mol. The number of alkyl halides is 4. The first-order chi connectivity index (χ1) is 18.0. The van der Waals surface area contributed by atoms with Gasteiger partial charge in [0.15, 0.2) is 0 Å². The lowest BCUT2D eigenvalue weighted by atomic mass is 9.99. The molecule has 0 radical (unpaired) electrons. The number of amides is 1. The van der Waals surface area contributed by atoms with E-state index in [0.29, 0.717) is 24.0 Å². The normalized spacial score (nSPS) is 18.6. The fourth-order valence-corrected chi connectivity index (χ4v) is 4.37. The van der Waals surface area contributed by atoms with Crippen LogP contribution in [0.15, 0.2) is 55.3 Å². The van der Waals surface area contributed by atoms with Gasteiger partial charge >= 0.3 is 6.18 Å². The number of aryl methyl sites for hydroxylation is 1. The number of halogens is 4. The number of fused-ring (bicyclic) bond motifs is 1. The molecule has 3 aromatic rings. The molecule has 1 saturated heterocycles. The third-order valence-electron chi connectivity index (χ3n) is 6.42. The maximum Gasteiger partial charge on any atom is 0.417 e. The van der Waals surface area contributed by atoms with Gasteiger partial charge in [0, 0.05) is 42.3 Å². The van der Waals surface area contributed by atoms with E-state index in [9.17, 15) is 22.4 Å². The van der Waals surface area contributed by atoms with E-state index < -0.39 is 24.0 Å². The van der Waals surface area contributed by atoms with Crippen LogP contribution in [0.5, 0.6) is 0 Å². The summed E-state index contributed by atoms with van der Waals surface area (Å²) in [7, 11) is 1.85. The summed E-state index contributed by atoms with van der Waals surface area (Å²) in [5, 5.41) is 6.63. The lowest BCUT2D eigenvalue weighted by molar-refractivity contribution is -0.0688. The Balaban J connectivity index is 1.63. The van der Waals surface area contributed by atoms with E-state index in [2.05, 4.69) is 27.2 Å². The molecule has 1 fully saturated rings. The molecule has 0 saturated carbocycles. The quantitative estimate of drug-likeness (QED) is 0.402. The minimum absolute atomic E-state index is 0.114. The Labute approximate surface area is 218 Å². The number of carbonyl (C=O) groups excluding carboxylic acids is 1. The van der Waals surface area contributed by atoms with Crippen molar-refractivity contribution in [2.24, 2.45) is 0 Å². The van der Waals surface area contributed by atoms with Crippen LogP contribution in [-0.2, 0) is 0 Å². The predicted molar refractivity (Wildman–Crippen MR) is 142 cm³/mol. The molecule has 1 aliphatic rings. The summed E-state index contributed by atoms with van der Waals surface area (Å²) < 4.78 is 55.7. The number of hydrogen-bond acceptors (Lipinski definition) is 5. The molecule has 10 heteroatoms. The number of nitrogens with one attached hydrogen (secondary N) is 2. The van der Waals surface area contributed by atoms with Crippen molar-refractivity contribution in [2.75, 3.05) is 32.0 Å². The molecule has 1 aliphatic heterocycles. The summed E-state index contributed by atoms with van der Waals surface area (Å²) in [6.45, 7) is 6.20. The van der Waals surface area contributed by atoms with Gasteiger partial charge in [-0.15, -0.1) is 0 Å². The number of nitrogens with zero attached hydrogens (tertiary/aromatic N) is 3. The van der Waals surface area contributed by atoms with E-state index in [-0.39, 0.29) is 41.5 Å². The maximum absolute atomic E-state index is 14.7. The van der Waals surface area contributed by atoms with Gasteiger partial charge in [0.25, 0.3) is 5.91 Å². The maximum atomic E-state index is 14.7. The first kappa shape index (κ1) is 27.3. The summed E-state index contributed by atoms with van der Waals surface area (Å²) in [6, 6.07) is 9.49. The first-order valence-electron chi connectivity index (χ1n) is 12.2. The van der Waals surface area contributed by atoms with Gasteiger partial charge in [0.2, 0.25) is 0 Å². The molecule has 0 aliphatic carbocycles. The molecule has 0 unspecified atom stereocenters. The zero-order valence-corrected chi connectivity index (χ0v) is 21.1. The summed E-state index contributed by atoms with van der Waals surface area (Å²) >= 11 is 0. The lowest BCUT2D eigenvalue weighted by Gasteiger charge is -2.33. The Hall–Kier alpha value is -3.79. The number of anilines is 1. The Kier molecular flexibility index (Phi) is 8.11. The van der Waals surface area contributed by atoms with E-state index in [4.69, 9.17) is 0 Å². The van der Waals surface area contributed by atoms with Crippen LogP contribution in [0.1, 0.15) is 33.9 Å². The highest BCUT2D eigenvalue weighted by molar-refractivity contribution is 6.01. The molecule has 2 N–H and O–H groups in total. The molecule has 2 atom stereocenters. The Morgan fingerprint density at radius 1 is 1.24 bits per heavy atom. The average Bonchev–Trinajstić information content (AvgIpc) is 2.87. The van der Waals surface area contributed by atoms with E-state index in [0.717, 1.165) is 5.56 Å². The van der Waals surface area contributed by atoms with Crippen molar-refractivity contribution in [1.29, 1.82) is 0 Å². The number of carbonyl (C=O) groups is 1. The molecule has 1 amide bonds. The molecule has 2 aromatic heterocycles. The number of rotatable bonds is 7. The molecule has 6 nitrogen and oxygen atoms in total. The number of benzene rings is 1. The van der Waals surface area contributed by atoms with Crippen molar-refractivity contribution in [3.63, 3.8) is 0 Å². The fourth-order valence-electron chi connectivity index (χ4n) is 4.37. The lowest BCUT2D eigenvalue weighted by Crippen LogP contribution is -2.46. The zero-order valence-electron chi connectivity index (χ0n) is 21.1. The van der Waals surface area contributed by atoms with Crippen molar-refractivity contribution in [3.8, 4) is 0 Å². The van der Waals surface area contributed by atoms with Gasteiger partial charge in [-0.25, -0.2) is 9.37 Å². The summed E-state index contributed by atoms with van der Waals surface area (Å²) in [6.07, 6.45) is -0.590. The molecule has 0 bridgehead atoms. The van der Waals surface area contributed by atoms with Crippen LogP contribution in [0, 0.1) is 6.92 Å². The van der Waals surface area contributed by atoms with Gasteiger partial charge in [-0.1, -0.05) is 24.8 Å². The second-order valence-corrected chi connectivity index (χ2v) is 9.42. The highest BCUT2D eigenvalue weighted by Crippen LogP contribution is 2.37.